The number of carbonyl (C=O) groups is 2. The summed E-state index contributed by atoms with van der Waals surface area (Å²) in [5, 5.41) is 7.18. The molecule has 0 bridgehead atoms. The molecule has 1 unspecified atom stereocenters. The van der Waals surface area contributed by atoms with Gasteiger partial charge >= 0.3 is 0 Å². The van der Waals surface area contributed by atoms with E-state index in [2.05, 4.69) is 10.6 Å². The minimum absolute atomic E-state index is 0.0815. The first kappa shape index (κ1) is 16.5. The van der Waals surface area contributed by atoms with Gasteiger partial charge in [-0.1, -0.05) is 5.57 Å². The Balaban J connectivity index is 1.99. The Labute approximate surface area is 133 Å². The van der Waals surface area contributed by atoms with Gasteiger partial charge in [-0.05, 0) is 48.9 Å². The van der Waals surface area contributed by atoms with E-state index in [0.29, 0.717) is 17.7 Å². The molecule has 1 atom stereocenters. The van der Waals surface area contributed by atoms with Crippen LogP contribution in [0.1, 0.15) is 25.3 Å². The summed E-state index contributed by atoms with van der Waals surface area (Å²) in [5.74, 6) is -0.589. The summed E-state index contributed by atoms with van der Waals surface area (Å²) in [6, 6.07) is 4.45. The highest BCUT2D eigenvalue weighted by atomic mass is 32.2. The van der Waals surface area contributed by atoms with Crippen LogP contribution in [-0.4, -0.2) is 24.1 Å². The van der Waals surface area contributed by atoms with Crippen molar-refractivity contribution in [1.29, 1.82) is 0 Å². The maximum atomic E-state index is 13.8. The summed E-state index contributed by atoms with van der Waals surface area (Å²) in [6.45, 7) is 2.00. The summed E-state index contributed by atoms with van der Waals surface area (Å²) in [4.78, 5) is 23.4. The molecule has 1 aliphatic heterocycles. The van der Waals surface area contributed by atoms with E-state index in [4.69, 9.17) is 0 Å². The number of carbonyl (C=O) groups excluding carboxylic acids is 2. The lowest BCUT2D eigenvalue weighted by molar-refractivity contribution is -0.120. The number of thioether (sulfide) groups is 1. The smallest absolute Gasteiger partial charge is 0.238 e. The lowest BCUT2D eigenvalue weighted by Crippen LogP contribution is -2.23. The van der Waals surface area contributed by atoms with Gasteiger partial charge in [-0.15, -0.1) is 11.8 Å². The fraction of sp³-hybridized carbons (Fsp3) is 0.375. The second kappa shape index (κ2) is 7.45. The zero-order valence-electron chi connectivity index (χ0n) is 12.6. The first-order chi connectivity index (χ1) is 10.5. The van der Waals surface area contributed by atoms with Crippen molar-refractivity contribution in [2.24, 2.45) is 0 Å². The number of nitrogens with one attached hydrogen (secondary N) is 2. The molecular formula is C16H19FN2O2S. The van der Waals surface area contributed by atoms with Crippen LogP contribution in [0, 0.1) is 5.82 Å². The van der Waals surface area contributed by atoms with Crippen molar-refractivity contribution in [2.75, 3.05) is 12.4 Å². The van der Waals surface area contributed by atoms with Gasteiger partial charge in [0.15, 0.2) is 0 Å². The zero-order valence-corrected chi connectivity index (χ0v) is 13.4. The summed E-state index contributed by atoms with van der Waals surface area (Å²) < 4.78 is 13.8. The van der Waals surface area contributed by atoms with Crippen LogP contribution in [0.15, 0.2) is 29.2 Å². The summed E-state index contributed by atoms with van der Waals surface area (Å²) >= 11 is 1.50. The highest BCUT2D eigenvalue weighted by Gasteiger charge is 2.23. The van der Waals surface area contributed by atoms with Crippen LogP contribution in [0.3, 0.4) is 0 Å². The van der Waals surface area contributed by atoms with Crippen LogP contribution in [0.25, 0.3) is 0 Å². The molecule has 0 spiro atoms. The van der Waals surface area contributed by atoms with Gasteiger partial charge in [-0.25, -0.2) is 4.39 Å². The van der Waals surface area contributed by atoms with Crippen molar-refractivity contribution in [3.8, 4) is 0 Å². The van der Waals surface area contributed by atoms with Crippen molar-refractivity contribution < 1.29 is 14.0 Å². The van der Waals surface area contributed by atoms with Crippen LogP contribution >= 0.6 is 11.8 Å². The second-order valence-corrected chi connectivity index (χ2v) is 6.34. The first-order valence-corrected chi connectivity index (χ1v) is 8.05. The van der Waals surface area contributed by atoms with Crippen LogP contribution in [0.4, 0.5) is 10.1 Å². The number of hydrogen-bond acceptors (Lipinski definition) is 3. The van der Waals surface area contributed by atoms with Gasteiger partial charge in [0.25, 0.3) is 0 Å². The summed E-state index contributed by atoms with van der Waals surface area (Å²) in [6.07, 6.45) is 1.25. The normalized spacial score (nSPS) is 17.0. The Kier molecular flexibility index (Phi) is 5.60. The van der Waals surface area contributed by atoms with E-state index >= 15 is 0 Å². The lowest BCUT2D eigenvalue weighted by atomic mass is 10.1. The third-order valence-electron chi connectivity index (χ3n) is 3.45. The zero-order chi connectivity index (χ0) is 16.1. The number of aryl methyl sites for hydroxylation is 1. The lowest BCUT2D eigenvalue weighted by Gasteiger charge is -2.12. The molecule has 2 N–H and O–H groups in total. The Morgan fingerprint density at radius 2 is 2.18 bits per heavy atom. The van der Waals surface area contributed by atoms with E-state index in [-0.39, 0.29) is 29.3 Å². The summed E-state index contributed by atoms with van der Waals surface area (Å²) in [5.41, 5.74) is 2.17. The number of halogens is 1. The molecule has 0 aromatic heterocycles. The van der Waals surface area contributed by atoms with E-state index in [0.717, 1.165) is 6.42 Å². The molecule has 0 fully saturated rings. The maximum absolute atomic E-state index is 13.8. The number of anilines is 1. The molecule has 1 aromatic rings. The molecule has 6 heteroatoms. The van der Waals surface area contributed by atoms with E-state index < -0.39 is 0 Å². The van der Waals surface area contributed by atoms with Gasteiger partial charge in [0, 0.05) is 19.2 Å². The average Bonchev–Trinajstić information content (AvgIpc) is 2.94. The third kappa shape index (κ3) is 4.34. The average molecular weight is 322 g/mol. The van der Waals surface area contributed by atoms with Gasteiger partial charge in [0.05, 0.1) is 5.25 Å². The Bertz CT molecular complexity index is 616. The number of amides is 2. The molecular weight excluding hydrogens is 303 g/mol. The van der Waals surface area contributed by atoms with Gasteiger partial charge < -0.3 is 10.6 Å². The molecule has 0 aliphatic carbocycles. The predicted octanol–water partition coefficient (Wildman–Crippen LogP) is 2.85. The van der Waals surface area contributed by atoms with Crippen LogP contribution in [-0.2, 0) is 16.0 Å². The molecule has 2 amide bonds. The fourth-order valence-electron chi connectivity index (χ4n) is 2.18. The van der Waals surface area contributed by atoms with E-state index in [9.17, 15) is 14.0 Å². The topological polar surface area (TPSA) is 58.2 Å². The Morgan fingerprint density at radius 3 is 2.82 bits per heavy atom. The summed E-state index contributed by atoms with van der Waals surface area (Å²) in [7, 11) is 1.55. The van der Waals surface area contributed by atoms with Crippen molar-refractivity contribution >= 4 is 29.3 Å². The molecule has 0 saturated carbocycles. The molecule has 0 saturated heterocycles. The SMILES string of the molecule is CNC(=O)CCc1cc(NC(=O)C2CC(C)=CS2)ccc1F. The van der Waals surface area contributed by atoms with Crippen molar-refractivity contribution in [3.05, 3.63) is 40.6 Å². The fourth-order valence-corrected chi connectivity index (χ4v) is 3.22. The van der Waals surface area contributed by atoms with Gasteiger partial charge in [-0.2, -0.15) is 0 Å². The highest BCUT2D eigenvalue weighted by Crippen LogP contribution is 2.30. The first-order valence-electron chi connectivity index (χ1n) is 7.10. The van der Waals surface area contributed by atoms with Crippen molar-refractivity contribution in [2.45, 2.75) is 31.4 Å². The molecule has 1 heterocycles. The van der Waals surface area contributed by atoms with Gasteiger partial charge in [-0.3, -0.25) is 9.59 Å². The molecule has 4 nitrogen and oxygen atoms in total. The molecule has 1 aliphatic rings. The molecule has 1 aromatic carbocycles. The molecule has 2 rings (SSSR count). The quantitative estimate of drug-likeness (QED) is 0.876. The molecule has 118 valence electrons. The van der Waals surface area contributed by atoms with Gasteiger partial charge in [0.2, 0.25) is 11.8 Å². The number of allylic oxidation sites excluding steroid dienone is 1. The van der Waals surface area contributed by atoms with Crippen LogP contribution in [0.5, 0.6) is 0 Å². The van der Waals surface area contributed by atoms with Crippen molar-refractivity contribution in [3.63, 3.8) is 0 Å². The van der Waals surface area contributed by atoms with Crippen LogP contribution < -0.4 is 10.6 Å². The van der Waals surface area contributed by atoms with E-state index in [1.54, 1.807) is 13.1 Å². The monoisotopic (exact) mass is 322 g/mol. The highest BCUT2D eigenvalue weighted by molar-refractivity contribution is 8.03. The second-order valence-electron chi connectivity index (χ2n) is 5.26. The maximum Gasteiger partial charge on any atom is 0.238 e. The minimum atomic E-state index is -0.366. The Morgan fingerprint density at radius 1 is 1.41 bits per heavy atom. The number of benzene rings is 1. The third-order valence-corrected chi connectivity index (χ3v) is 4.69. The Hall–Kier alpha value is -1.82. The minimum Gasteiger partial charge on any atom is -0.359 e. The molecule has 22 heavy (non-hydrogen) atoms. The van der Waals surface area contributed by atoms with Gasteiger partial charge in [0.1, 0.15) is 5.82 Å². The van der Waals surface area contributed by atoms with Crippen LogP contribution in [0.2, 0.25) is 0 Å². The van der Waals surface area contributed by atoms with E-state index in [1.165, 1.54) is 29.5 Å². The molecule has 0 radical (unpaired) electrons. The largest absolute Gasteiger partial charge is 0.359 e. The number of rotatable bonds is 5. The van der Waals surface area contributed by atoms with Crippen molar-refractivity contribution in [1.82, 2.24) is 5.32 Å². The van der Waals surface area contributed by atoms with E-state index in [1.807, 2.05) is 12.3 Å². The number of hydrogen-bond donors (Lipinski definition) is 2. The predicted molar refractivity (Wildman–Crippen MR) is 87.2 cm³/mol. The standard InChI is InChI=1S/C16H19FN2O2S/c1-10-7-14(22-9-10)16(21)19-12-4-5-13(17)11(8-12)3-6-15(20)18-2/h4-5,8-9,14H,3,6-7H2,1-2H3,(H,18,20)(H,19,21).